The molecule has 6 N–H and O–H groups in total. The fourth-order valence-electron chi connectivity index (χ4n) is 3.91. The molecule has 0 amide bonds. The fourth-order valence-corrected chi connectivity index (χ4v) is 3.91. The molecule has 180 valence electrons. The Hall–Kier alpha value is -4.42. The zero-order valence-electron chi connectivity index (χ0n) is 19.3. The topological polar surface area (TPSA) is 121 Å². The number of phenolic OH excluding ortho intramolecular Hbond substituents is 5. The van der Waals surface area contributed by atoms with Crippen LogP contribution in [0, 0.1) is 0 Å². The van der Waals surface area contributed by atoms with Crippen LogP contribution in [0.15, 0.2) is 91.0 Å². The van der Waals surface area contributed by atoms with E-state index < -0.39 is 0 Å². The van der Waals surface area contributed by atoms with E-state index in [2.05, 4.69) is 0 Å². The normalized spacial score (nSPS) is 11.6. The summed E-state index contributed by atoms with van der Waals surface area (Å²) in [6, 6.07) is 25.8. The van der Waals surface area contributed by atoms with Gasteiger partial charge in [0.2, 0.25) is 0 Å². The Bertz CT molecular complexity index is 1270. The van der Waals surface area contributed by atoms with Crippen LogP contribution in [0.4, 0.5) is 0 Å². The van der Waals surface area contributed by atoms with Gasteiger partial charge in [-0.2, -0.15) is 0 Å². The van der Waals surface area contributed by atoms with Gasteiger partial charge in [0.15, 0.2) is 0 Å². The summed E-state index contributed by atoms with van der Waals surface area (Å²) in [6.07, 6.45) is 1.51. The van der Waals surface area contributed by atoms with Crippen LogP contribution >= 0.6 is 0 Å². The summed E-state index contributed by atoms with van der Waals surface area (Å²) in [4.78, 5) is 0. The van der Waals surface area contributed by atoms with Crippen LogP contribution in [-0.4, -0.2) is 37.7 Å². The minimum Gasteiger partial charge on any atom is -0.508 e. The van der Waals surface area contributed by atoms with E-state index in [4.69, 9.17) is 15.3 Å². The van der Waals surface area contributed by atoms with Crippen LogP contribution in [0.25, 0.3) is 11.1 Å². The largest absolute Gasteiger partial charge is 0.508 e. The van der Waals surface area contributed by atoms with Crippen molar-refractivity contribution in [1.29, 1.82) is 0 Å². The van der Waals surface area contributed by atoms with E-state index in [0.717, 1.165) is 30.2 Å². The van der Waals surface area contributed by atoms with Crippen molar-refractivity contribution in [2.75, 3.05) is 7.11 Å². The molecule has 4 aromatic rings. The van der Waals surface area contributed by atoms with Gasteiger partial charge in [-0.15, -0.1) is 0 Å². The van der Waals surface area contributed by atoms with Crippen LogP contribution in [0.5, 0.6) is 28.7 Å². The standard InChI is InChI=1S/C22H18O3.C6H6O2.CH4O/c23-17-6-1-14(2-7-17)11-22-20(15-3-8-18(24)9-4-15)12-16-5-10-19(25)13-21(16)22;7-5-2-1-3-6(8)4-5;1-2/h1-10,13,23-25H,11-12H2;1-4,7-8H;2H,1H3. The maximum Gasteiger partial charge on any atom is 0.119 e. The summed E-state index contributed by atoms with van der Waals surface area (Å²) in [5.74, 6) is 0.933. The molecule has 0 radical (unpaired) electrons. The number of aliphatic hydroxyl groups is 1. The first-order valence-corrected chi connectivity index (χ1v) is 10.9. The van der Waals surface area contributed by atoms with Crippen LogP contribution in [0.3, 0.4) is 0 Å². The van der Waals surface area contributed by atoms with E-state index in [1.807, 2.05) is 36.4 Å². The third-order valence-corrected chi connectivity index (χ3v) is 5.51. The quantitative estimate of drug-likeness (QED) is 0.243. The Labute approximate surface area is 204 Å². The lowest BCUT2D eigenvalue weighted by Gasteiger charge is -2.10. The fraction of sp³-hybridized carbons (Fsp3) is 0.103. The SMILES string of the molecule is CO.Oc1ccc(CC2=C(c3ccc(O)cc3)Cc3ccc(O)cc32)cc1.Oc1cccc(O)c1. The summed E-state index contributed by atoms with van der Waals surface area (Å²) in [6.45, 7) is 0. The molecular weight excluding hydrogens is 444 g/mol. The van der Waals surface area contributed by atoms with E-state index in [1.54, 1.807) is 36.4 Å². The third-order valence-electron chi connectivity index (χ3n) is 5.51. The molecule has 35 heavy (non-hydrogen) atoms. The molecule has 0 aromatic heterocycles. The van der Waals surface area contributed by atoms with Crippen LogP contribution < -0.4 is 0 Å². The molecule has 0 bridgehead atoms. The Morgan fingerprint density at radius 3 is 1.63 bits per heavy atom. The molecule has 0 aliphatic heterocycles. The molecule has 0 heterocycles. The molecule has 5 rings (SSSR count). The highest BCUT2D eigenvalue weighted by atomic mass is 16.3. The number of phenols is 5. The average molecular weight is 473 g/mol. The first-order valence-electron chi connectivity index (χ1n) is 10.9. The second-order valence-corrected chi connectivity index (χ2v) is 7.89. The van der Waals surface area contributed by atoms with Gasteiger partial charge < -0.3 is 30.6 Å². The minimum atomic E-state index is 0.0880. The highest BCUT2D eigenvalue weighted by molar-refractivity contribution is 5.98. The van der Waals surface area contributed by atoms with Gasteiger partial charge in [-0.1, -0.05) is 36.4 Å². The number of hydrogen-bond donors (Lipinski definition) is 6. The number of fused-ring (bicyclic) bond motifs is 1. The maximum absolute atomic E-state index is 9.92. The molecule has 0 saturated heterocycles. The van der Waals surface area contributed by atoms with Crippen molar-refractivity contribution >= 4 is 11.1 Å². The Balaban J connectivity index is 0.000000289. The monoisotopic (exact) mass is 472 g/mol. The number of allylic oxidation sites excluding steroid dienone is 2. The lowest BCUT2D eigenvalue weighted by Crippen LogP contribution is -1.92. The van der Waals surface area contributed by atoms with E-state index >= 15 is 0 Å². The minimum absolute atomic E-state index is 0.0880. The predicted octanol–water partition coefficient (Wildman–Crippen LogP) is 5.22. The molecule has 0 fully saturated rings. The lowest BCUT2D eigenvalue weighted by molar-refractivity contribution is 0.399. The summed E-state index contributed by atoms with van der Waals surface area (Å²) in [7, 11) is 1.00. The highest BCUT2D eigenvalue weighted by Crippen LogP contribution is 2.41. The number of rotatable bonds is 3. The molecule has 0 spiro atoms. The van der Waals surface area contributed by atoms with Crippen LogP contribution in [0.1, 0.15) is 22.3 Å². The van der Waals surface area contributed by atoms with Crippen molar-refractivity contribution in [3.63, 3.8) is 0 Å². The zero-order valence-corrected chi connectivity index (χ0v) is 19.3. The van der Waals surface area contributed by atoms with Gasteiger partial charge in [-0.25, -0.2) is 0 Å². The van der Waals surface area contributed by atoms with Gasteiger partial charge in [-0.3, -0.25) is 0 Å². The molecule has 6 nitrogen and oxygen atoms in total. The molecule has 0 saturated carbocycles. The van der Waals surface area contributed by atoms with Crippen molar-refractivity contribution in [3.8, 4) is 28.7 Å². The lowest BCUT2D eigenvalue weighted by atomic mass is 9.94. The number of aliphatic hydroxyl groups excluding tert-OH is 1. The van der Waals surface area contributed by atoms with Gasteiger partial charge in [0.1, 0.15) is 28.7 Å². The highest BCUT2D eigenvalue weighted by Gasteiger charge is 2.23. The smallest absolute Gasteiger partial charge is 0.119 e. The van der Waals surface area contributed by atoms with Crippen molar-refractivity contribution < 1.29 is 30.6 Å². The van der Waals surface area contributed by atoms with Gasteiger partial charge in [0.25, 0.3) is 0 Å². The summed E-state index contributed by atoms with van der Waals surface area (Å²) < 4.78 is 0. The summed E-state index contributed by atoms with van der Waals surface area (Å²) >= 11 is 0. The van der Waals surface area contributed by atoms with Crippen LogP contribution in [0.2, 0.25) is 0 Å². The van der Waals surface area contributed by atoms with E-state index in [0.29, 0.717) is 6.42 Å². The Kier molecular flexibility index (Phi) is 8.38. The van der Waals surface area contributed by atoms with Crippen molar-refractivity contribution in [2.24, 2.45) is 0 Å². The third kappa shape index (κ3) is 6.56. The first-order chi connectivity index (χ1) is 16.9. The predicted molar refractivity (Wildman–Crippen MR) is 136 cm³/mol. The first kappa shape index (κ1) is 25.2. The Morgan fingerprint density at radius 2 is 1.09 bits per heavy atom. The molecule has 0 atom stereocenters. The molecule has 6 heteroatoms. The second kappa shape index (κ2) is 11.6. The number of aromatic hydroxyl groups is 5. The molecular formula is C29H28O6. The average Bonchev–Trinajstić information content (AvgIpc) is 3.20. The summed E-state index contributed by atoms with van der Waals surface area (Å²) in [5, 5.41) is 53.3. The van der Waals surface area contributed by atoms with Crippen molar-refractivity contribution in [3.05, 3.63) is 113 Å². The van der Waals surface area contributed by atoms with Gasteiger partial charge in [0.05, 0.1) is 0 Å². The molecule has 1 aliphatic rings. The van der Waals surface area contributed by atoms with Crippen LogP contribution in [-0.2, 0) is 12.8 Å². The van der Waals surface area contributed by atoms with Gasteiger partial charge in [-0.05, 0) is 94.8 Å². The van der Waals surface area contributed by atoms with Crippen molar-refractivity contribution in [2.45, 2.75) is 12.8 Å². The van der Waals surface area contributed by atoms with Gasteiger partial charge in [0, 0.05) is 13.2 Å². The van der Waals surface area contributed by atoms with E-state index in [-0.39, 0.29) is 28.7 Å². The Morgan fingerprint density at radius 1 is 0.571 bits per heavy atom. The van der Waals surface area contributed by atoms with E-state index in [9.17, 15) is 15.3 Å². The molecule has 1 aliphatic carbocycles. The van der Waals surface area contributed by atoms with Gasteiger partial charge >= 0.3 is 0 Å². The second-order valence-electron chi connectivity index (χ2n) is 7.89. The number of benzene rings is 4. The van der Waals surface area contributed by atoms with E-state index in [1.165, 1.54) is 34.9 Å². The molecule has 0 unspecified atom stereocenters. The molecule has 4 aromatic carbocycles. The maximum atomic E-state index is 9.92. The zero-order chi connectivity index (χ0) is 25.4. The summed E-state index contributed by atoms with van der Waals surface area (Å²) in [5.41, 5.74) is 6.80. The number of hydrogen-bond acceptors (Lipinski definition) is 6. The van der Waals surface area contributed by atoms with Crippen molar-refractivity contribution in [1.82, 2.24) is 0 Å².